The van der Waals surface area contributed by atoms with E-state index in [1.165, 1.54) is 17.2 Å². The SMILES string of the molecule is Cc1ccc(CN(C(=O)Nc2ccc(F)cc2F)C2Cc3ccccc3C2)c(C)c1. The number of urea groups is 1. The molecule has 0 saturated heterocycles. The van der Waals surface area contributed by atoms with E-state index in [0.29, 0.717) is 6.54 Å². The summed E-state index contributed by atoms with van der Waals surface area (Å²) in [6.45, 7) is 4.48. The van der Waals surface area contributed by atoms with E-state index in [0.717, 1.165) is 41.7 Å². The van der Waals surface area contributed by atoms with E-state index >= 15 is 0 Å². The Morgan fingerprint density at radius 3 is 2.33 bits per heavy atom. The second-order valence-electron chi connectivity index (χ2n) is 7.94. The standard InChI is InChI=1S/C25H24F2N2O/c1-16-7-8-20(17(2)11-16)15-29(22-12-18-5-3-4-6-19(18)13-22)25(30)28-24-10-9-21(26)14-23(24)27/h3-11,14,22H,12-13,15H2,1-2H3,(H,28,30). The Bertz CT molecular complexity index is 1070. The van der Waals surface area contributed by atoms with Gasteiger partial charge in [-0.3, -0.25) is 0 Å². The Morgan fingerprint density at radius 1 is 1.00 bits per heavy atom. The number of carbonyl (C=O) groups is 1. The normalized spacial score (nSPS) is 13.2. The van der Waals surface area contributed by atoms with Gasteiger partial charge >= 0.3 is 6.03 Å². The third-order valence-corrected chi connectivity index (χ3v) is 5.74. The highest BCUT2D eigenvalue weighted by Crippen LogP contribution is 2.28. The summed E-state index contributed by atoms with van der Waals surface area (Å²) in [5, 5.41) is 2.64. The predicted octanol–water partition coefficient (Wildman–Crippen LogP) is 5.78. The second-order valence-corrected chi connectivity index (χ2v) is 7.94. The molecule has 3 nitrogen and oxygen atoms in total. The molecular weight excluding hydrogens is 382 g/mol. The van der Waals surface area contributed by atoms with E-state index < -0.39 is 17.7 Å². The zero-order valence-corrected chi connectivity index (χ0v) is 17.1. The molecule has 5 heteroatoms. The lowest BCUT2D eigenvalue weighted by atomic mass is 10.0. The molecule has 0 saturated carbocycles. The number of anilines is 1. The molecule has 30 heavy (non-hydrogen) atoms. The van der Waals surface area contributed by atoms with Crippen molar-refractivity contribution in [1.29, 1.82) is 0 Å². The molecule has 2 amide bonds. The Kier molecular flexibility index (Phi) is 5.53. The number of halogens is 2. The van der Waals surface area contributed by atoms with E-state index in [-0.39, 0.29) is 11.7 Å². The second kappa shape index (κ2) is 8.27. The van der Waals surface area contributed by atoms with Crippen LogP contribution in [-0.4, -0.2) is 17.0 Å². The smallest absolute Gasteiger partial charge is 0.317 e. The molecule has 3 aromatic carbocycles. The lowest BCUT2D eigenvalue weighted by Gasteiger charge is -2.30. The third-order valence-electron chi connectivity index (χ3n) is 5.74. The van der Waals surface area contributed by atoms with Gasteiger partial charge in [0.15, 0.2) is 0 Å². The van der Waals surface area contributed by atoms with Crippen LogP contribution in [0.15, 0.2) is 60.7 Å². The Labute approximate surface area is 175 Å². The van der Waals surface area contributed by atoms with Crippen LogP contribution in [0.25, 0.3) is 0 Å². The highest BCUT2D eigenvalue weighted by Gasteiger charge is 2.30. The zero-order valence-electron chi connectivity index (χ0n) is 17.1. The summed E-state index contributed by atoms with van der Waals surface area (Å²) < 4.78 is 27.4. The first-order chi connectivity index (χ1) is 14.4. The van der Waals surface area contributed by atoms with E-state index in [1.807, 2.05) is 38.1 Å². The molecule has 3 aromatic rings. The maximum Gasteiger partial charge on any atom is 0.322 e. The first kappa shape index (κ1) is 20.1. The molecule has 0 aromatic heterocycles. The minimum absolute atomic E-state index is 0.0254. The third kappa shape index (κ3) is 4.20. The molecule has 0 bridgehead atoms. The van der Waals surface area contributed by atoms with Crippen LogP contribution >= 0.6 is 0 Å². The van der Waals surface area contributed by atoms with Gasteiger partial charge in [-0.1, -0.05) is 48.0 Å². The number of hydrogen-bond donors (Lipinski definition) is 1. The number of hydrogen-bond acceptors (Lipinski definition) is 1. The van der Waals surface area contributed by atoms with Crippen molar-refractivity contribution < 1.29 is 13.6 Å². The summed E-state index contributed by atoms with van der Waals surface area (Å²) in [5.74, 6) is -1.46. The fourth-order valence-corrected chi connectivity index (χ4v) is 4.11. The highest BCUT2D eigenvalue weighted by molar-refractivity contribution is 5.89. The number of aryl methyl sites for hydroxylation is 2. The van der Waals surface area contributed by atoms with Crippen LogP contribution in [0.3, 0.4) is 0 Å². The van der Waals surface area contributed by atoms with E-state index in [2.05, 4.69) is 23.5 Å². The molecule has 1 aliphatic carbocycles. The van der Waals surface area contributed by atoms with Gasteiger partial charge in [-0.15, -0.1) is 0 Å². The fourth-order valence-electron chi connectivity index (χ4n) is 4.11. The molecule has 0 fully saturated rings. The Hall–Kier alpha value is -3.21. The summed E-state index contributed by atoms with van der Waals surface area (Å²) in [4.78, 5) is 15.0. The number of amides is 2. The summed E-state index contributed by atoms with van der Waals surface area (Å²) in [6, 6.07) is 17.1. The van der Waals surface area contributed by atoms with Gasteiger partial charge < -0.3 is 10.2 Å². The summed E-state index contributed by atoms with van der Waals surface area (Å²) >= 11 is 0. The number of nitrogens with one attached hydrogen (secondary N) is 1. The zero-order chi connectivity index (χ0) is 21.3. The lowest BCUT2D eigenvalue weighted by molar-refractivity contribution is 0.185. The Balaban J connectivity index is 1.62. The van der Waals surface area contributed by atoms with Crippen molar-refractivity contribution in [2.75, 3.05) is 5.32 Å². The number of carbonyl (C=O) groups excluding carboxylic acids is 1. The topological polar surface area (TPSA) is 32.3 Å². The molecule has 0 radical (unpaired) electrons. The van der Waals surface area contributed by atoms with Crippen molar-refractivity contribution in [1.82, 2.24) is 4.90 Å². The van der Waals surface area contributed by atoms with Crippen molar-refractivity contribution in [3.8, 4) is 0 Å². The molecule has 1 aliphatic rings. The molecule has 1 N–H and O–H groups in total. The average molecular weight is 406 g/mol. The van der Waals surface area contributed by atoms with Gasteiger partial charge in [0.25, 0.3) is 0 Å². The number of benzene rings is 3. The van der Waals surface area contributed by atoms with E-state index in [9.17, 15) is 13.6 Å². The summed E-state index contributed by atoms with van der Waals surface area (Å²) in [6.07, 6.45) is 1.50. The van der Waals surface area contributed by atoms with Crippen molar-refractivity contribution in [3.05, 3.63) is 100 Å². The first-order valence-electron chi connectivity index (χ1n) is 10.1. The van der Waals surface area contributed by atoms with Crippen molar-refractivity contribution in [2.45, 2.75) is 39.3 Å². The average Bonchev–Trinajstić information content (AvgIpc) is 3.13. The fraction of sp³-hybridized carbons (Fsp3) is 0.240. The van der Waals surface area contributed by atoms with E-state index in [4.69, 9.17) is 0 Å². The Morgan fingerprint density at radius 2 is 1.70 bits per heavy atom. The van der Waals surface area contributed by atoms with Crippen molar-refractivity contribution in [2.24, 2.45) is 0 Å². The minimum Gasteiger partial charge on any atom is -0.317 e. The van der Waals surface area contributed by atoms with Gasteiger partial charge in [-0.25, -0.2) is 13.6 Å². The van der Waals surface area contributed by atoms with Crippen molar-refractivity contribution in [3.63, 3.8) is 0 Å². The van der Waals surface area contributed by atoms with Gasteiger partial charge in [0.1, 0.15) is 11.6 Å². The van der Waals surface area contributed by atoms with Gasteiger partial charge in [0, 0.05) is 18.7 Å². The largest absolute Gasteiger partial charge is 0.322 e. The summed E-state index contributed by atoms with van der Waals surface area (Å²) in [5.41, 5.74) is 5.75. The lowest BCUT2D eigenvalue weighted by Crippen LogP contribution is -2.43. The number of fused-ring (bicyclic) bond motifs is 1. The molecule has 0 aliphatic heterocycles. The van der Waals surface area contributed by atoms with Gasteiger partial charge in [0.2, 0.25) is 0 Å². The monoisotopic (exact) mass is 406 g/mol. The molecule has 0 atom stereocenters. The van der Waals surface area contributed by atoms with Crippen LogP contribution in [-0.2, 0) is 19.4 Å². The number of nitrogens with zero attached hydrogens (tertiary/aromatic N) is 1. The first-order valence-corrected chi connectivity index (χ1v) is 10.1. The highest BCUT2D eigenvalue weighted by atomic mass is 19.1. The summed E-state index contributed by atoms with van der Waals surface area (Å²) in [7, 11) is 0. The van der Waals surface area contributed by atoms with Gasteiger partial charge in [-0.05, 0) is 61.1 Å². The van der Waals surface area contributed by atoms with Crippen LogP contribution in [0.1, 0.15) is 27.8 Å². The molecule has 0 unspecified atom stereocenters. The molecule has 0 heterocycles. The quantitative estimate of drug-likeness (QED) is 0.585. The van der Waals surface area contributed by atoms with E-state index in [1.54, 1.807) is 4.90 Å². The molecule has 0 spiro atoms. The van der Waals surface area contributed by atoms with Crippen LogP contribution < -0.4 is 5.32 Å². The van der Waals surface area contributed by atoms with Crippen molar-refractivity contribution >= 4 is 11.7 Å². The number of rotatable bonds is 4. The van der Waals surface area contributed by atoms with Crippen LogP contribution in [0.4, 0.5) is 19.3 Å². The molecular formula is C25H24F2N2O. The maximum absolute atomic E-state index is 14.1. The molecule has 154 valence electrons. The van der Waals surface area contributed by atoms with Gasteiger partial charge in [0.05, 0.1) is 5.69 Å². The minimum atomic E-state index is -0.787. The van der Waals surface area contributed by atoms with Crippen LogP contribution in [0, 0.1) is 25.5 Å². The maximum atomic E-state index is 14.1. The van der Waals surface area contributed by atoms with Crippen LogP contribution in [0.5, 0.6) is 0 Å². The molecule has 4 rings (SSSR count). The predicted molar refractivity (Wildman–Crippen MR) is 114 cm³/mol. The van der Waals surface area contributed by atoms with Crippen LogP contribution in [0.2, 0.25) is 0 Å². The van der Waals surface area contributed by atoms with Gasteiger partial charge in [-0.2, -0.15) is 0 Å².